The number of nitrogens with two attached hydrogens (primary N) is 1. The molecule has 1 aromatic carbocycles. The molecule has 1 aliphatic carbocycles. The van der Waals surface area contributed by atoms with Crippen molar-refractivity contribution in [3.63, 3.8) is 0 Å². The average molecular weight is 376 g/mol. The molecule has 2 N–H and O–H groups in total. The predicted molar refractivity (Wildman–Crippen MR) is 92.0 cm³/mol. The Morgan fingerprint density at radius 1 is 1.33 bits per heavy atom. The predicted octanol–water partition coefficient (Wildman–Crippen LogP) is 3.44. The molecular formula is C16H24BrClN2O. The molecule has 2 aliphatic rings. The highest BCUT2D eigenvalue weighted by Crippen LogP contribution is 2.36. The summed E-state index contributed by atoms with van der Waals surface area (Å²) in [7, 11) is 1.74. The van der Waals surface area contributed by atoms with Crippen molar-refractivity contribution in [1.29, 1.82) is 0 Å². The van der Waals surface area contributed by atoms with Crippen LogP contribution in [0.1, 0.15) is 24.8 Å². The smallest absolute Gasteiger partial charge is 0.123 e. The fraction of sp³-hybridized carbons (Fsp3) is 0.625. The van der Waals surface area contributed by atoms with Crippen LogP contribution >= 0.6 is 28.3 Å². The highest BCUT2D eigenvalue weighted by Gasteiger charge is 2.38. The highest BCUT2D eigenvalue weighted by molar-refractivity contribution is 9.10. The van der Waals surface area contributed by atoms with Gasteiger partial charge in [0.15, 0.2) is 0 Å². The summed E-state index contributed by atoms with van der Waals surface area (Å²) < 4.78 is 6.59. The number of benzene rings is 1. The van der Waals surface area contributed by atoms with Crippen molar-refractivity contribution in [2.24, 2.45) is 17.6 Å². The zero-order valence-electron chi connectivity index (χ0n) is 12.4. The molecule has 2 fully saturated rings. The van der Waals surface area contributed by atoms with Crippen molar-refractivity contribution in [2.75, 3.05) is 20.2 Å². The number of ether oxygens (including phenoxy) is 1. The third-order valence-electron chi connectivity index (χ3n) is 4.87. The molecule has 0 aromatic heterocycles. The Kier molecular flexibility index (Phi) is 5.95. The summed E-state index contributed by atoms with van der Waals surface area (Å²) in [5.41, 5.74) is 7.56. The molecule has 3 unspecified atom stereocenters. The standard InChI is InChI=1S/C16H23BrN2O.ClH/c1-20-16-6-5-13(17)7-12(16)9-19-8-11-3-2-4-15(18)14(11)10-19;/h5-7,11,14-15H,2-4,8-10,18H2,1H3;1H. The topological polar surface area (TPSA) is 38.5 Å². The van der Waals surface area contributed by atoms with Gasteiger partial charge in [-0.05, 0) is 42.9 Å². The molecule has 1 aliphatic heterocycles. The molecule has 118 valence electrons. The van der Waals surface area contributed by atoms with Gasteiger partial charge in [-0.1, -0.05) is 22.4 Å². The fourth-order valence-corrected chi connectivity index (χ4v) is 4.26. The van der Waals surface area contributed by atoms with Gasteiger partial charge in [-0.15, -0.1) is 12.4 Å². The second-order valence-corrected chi connectivity index (χ2v) is 7.08. The SMILES string of the molecule is COc1ccc(Br)cc1CN1CC2CCCC(N)C2C1.Cl. The summed E-state index contributed by atoms with van der Waals surface area (Å²) in [6, 6.07) is 6.64. The second kappa shape index (κ2) is 7.32. The Balaban J connectivity index is 0.00000161. The zero-order chi connectivity index (χ0) is 14.1. The Labute approximate surface area is 141 Å². The molecule has 1 aromatic rings. The highest BCUT2D eigenvalue weighted by atomic mass is 79.9. The average Bonchev–Trinajstić information content (AvgIpc) is 2.83. The maximum Gasteiger partial charge on any atom is 0.123 e. The van der Waals surface area contributed by atoms with Gasteiger partial charge in [0.25, 0.3) is 0 Å². The van der Waals surface area contributed by atoms with E-state index in [1.54, 1.807) is 7.11 Å². The van der Waals surface area contributed by atoms with Crippen LogP contribution in [0.4, 0.5) is 0 Å². The third-order valence-corrected chi connectivity index (χ3v) is 5.36. The Bertz CT molecular complexity index is 485. The van der Waals surface area contributed by atoms with Gasteiger partial charge in [-0.3, -0.25) is 4.90 Å². The van der Waals surface area contributed by atoms with E-state index in [2.05, 4.69) is 26.9 Å². The van der Waals surface area contributed by atoms with Gasteiger partial charge in [0.05, 0.1) is 7.11 Å². The van der Waals surface area contributed by atoms with E-state index in [4.69, 9.17) is 10.5 Å². The zero-order valence-corrected chi connectivity index (χ0v) is 14.8. The van der Waals surface area contributed by atoms with Crippen LogP contribution in [0, 0.1) is 11.8 Å². The van der Waals surface area contributed by atoms with E-state index in [0.29, 0.717) is 12.0 Å². The lowest BCUT2D eigenvalue weighted by atomic mass is 9.78. The number of likely N-dealkylation sites (tertiary alicyclic amines) is 1. The van der Waals surface area contributed by atoms with Crippen LogP contribution in [-0.2, 0) is 6.54 Å². The number of methoxy groups -OCH3 is 1. The number of hydrogen-bond donors (Lipinski definition) is 1. The molecule has 21 heavy (non-hydrogen) atoms. The van der Waals surface area contributed by atoms with Gasteiger partial charge in [-0.25, -0.2) is 0 Å². The van der Waals surface area contributed by atoms with Crippen LogP contribution in [0.25, 0.3) is 0 Å². The normalized spacial score (nSPS) is 28.8. The Morgan fingerprint density at radius 3 is 2.86 bits per heavy atom. The van der Waals surface area contributed by atoms with Gasteiger partial charge in [0.2, 0.25) is 0 Å². The molecule has 1 saturated heterocycles. The van der Waals surface area contributed by atoms with Crippen molar-refractivity contribution in [3.05, 3.63) is 28.2 Å². The maximum absolute atomic E-state index is 6.30. The lowest BCUT2D eigenvalue weighted by molar-refractivity contribution is 0.259. The number of fused-ring (bicyclic) bond motifs is 1. The lowest BCUT2D eigenvalue weighted by Gasteiger charge is -2.29. The summed E-state index contributed by atoms with van der Waals surface area (Å²) >= 11 is 3.55. The molecule has 0 bridgehead atoms. The summed E-state index contributed by atoms with van der Waals surface area (Å²) in [6.45, 7) is 3.29. The van der Waals surface area contributed by atoms with Crippen molar-refractivity contribution < 1.29 is 4.74 Å². The monoisotopic (exact) mass is 374 g/mol. The van der Waals surface area contributed by atoms with E-state index in [1.807, 2.05) is 12.1 Å². The number of nitrogens with zero attached hydrogens (tertiary/aromatic N) is 1. The first-order valence-corrected chi connectivity index (χ1v) is 8.27. The molecule has 3 atom stereocenters. The number of halogens is 2. The van der Waals surface area contributed by atoms with Crippen LogP contribution < -0.4 is 10.5 Å². The van der Waals surface area contributed by atoms with Crippen LogP contribution in [-0.4, -0.2) is 31.1 Å². The molecule has 0 radical (unpaired) electrons. The Morgan fingerprint density at radius 2 is 2.14 bits per heavy atom. The third kappa shape index (κ3) is 3.73. The van der Waals surface area contributed by atoms with Gasteiger partial charge in [0.1, 0.15) is 5.75 Å². The van der Waals surface area contributed by atoms with Crippen LogP contribution in [0.3, 0.4) is 0 Å². The first-order valence-electron chi connectivity index (χ1n) is 7.47. The van der Waals surface area contributed by atoms with Gasteiger partial charge >= 0.3 is 0 Å². The first-order chi connectivity index (χ1) is 9.67. The molecule has 5 heteroatoms. The molecule has 0 spiro atoms. The summed E-state index contributed by atoms with van der Waals surface area (Å²) in [5.74, 6) is 2.48. The van der Waals surface area contributed by atoms with Crippen LogP contribution in [0.15, 0.2) is 22.7 Å². The van der Waals surface area contributed by atoms with E-state index < -0.39 is 0 Å². The number of hydrogen-bond acceptors (Lipinski definition) is 3. The second-order valence-electron chi connectivity index (χ2n) is 6.17. The van der Waals surface area contributed by atoms with Gasteiger partial charge in [-0.2, -0.15) is 0 Å². The minimum Gasteiger partial charge on any atom is -0.496 e. The molecular weight excluding hydrogens is 352 g/mol. The van der Waals surface area contributed by atoms with E-state index in [1.165, 1.54) is 31.4 Å². The molecule has 3 rings (SSSR count). The van der Waals surface area contributed by atoms with Crippen molar-refractivity contribution in [2.45, 2.75) is 31.8 Å². The van der Waals surface area contributed by atoms with E-state index in [9.17, 15) is 0 Å². The van der Waals surface area contributed by atoms with Gasteiger partial charge in [0, 0.05) is 35.7 Å². The van der Waals surface area contributed by atoms with E-state index in [-0.39, 0.29) is 12.4 Å². The molecule has 1 saturated carbocycles. The maximum atomic E-state index is 6.30. The van der Waals surface area contributed by atoms with Crippen molar-refractivity contribution >= 4 is 28.3 Å². The van der Waals surface area contributed by atoms with Gasteiger partial charge < -0.3 is 10.5 Å². The van der Waals surface area contributed by atoms with Crippen LogP contribution in [0.5, 0.6) is 5.75 Å². The minimum atomic E-state index is 0. The van der Waals surface area contributed by atoms with E-state index >= 15 is 0 Å². The summed E-state index contributed by atoms with van der Waals surface area (Å²) in [6.07, 6.45) is 3.86. The van der Waals surface area contributed by atoms with Crippen molar-refractivity contribution in [1.82, 2.24) is 4.90 Å². The lowest BCUT2D eigenvalue weighted by Crippen LogP contribution is -2.38. The van der Waals surface area contributed by atoms with Crippen LogP contribution in [0.2, 0.25) is 0 Å². The first kappa shape index (κ1) is 17.1. The minimum absolute atomic E-state index is 0. The Hall–Kier alpha value is -0.290. The molecule has 1 heterocycles. The quantitative estimate of drug-likeness (QED) is 0.879. The van der Waals surface area contributed by atoms with Crippen molar-refractivity contribution in [3.8, 4) is 5.75 Å². The molecule has 0 amide bonds. The summed E-state index contributed by atoms with van der Waals surface area (Å²) in [5, 5.41) is 0. The van der Waals surface area contributed by atoms with E-state index in [0.717, 1.165) is 29.2 Å². The fourth-order valence-electron chi connectivity index (χ4n) is 3.85. The summed E-state index contributed by atoms with van der Waals surface area (Å²) in [4.78, 5) is 2.55. The largest absolute Gasteiger partial charge is 0.496 e. The molecule has 3 nitrogen and oxygen atoms in total. The number of rotatable bonds is 3.